The molecule has 0 bridgehead atoms. The van der Waals surface area contributed by atoms with Crippen LogP contribution < -0.4 is 5.32 Å². The molecular formula is C16H23N3. The fourth-order valence-electron chi connectivity index (χ4n) is 2.59. The summed E-state index contributed by atoms with van der Waals surface area (Å²) < 4.78 is 0. The zero-order valence-corrected chi connectivity index (χ0v) is 11.5. The third-order valence-electron chi connectivity index (χ3n) is 3.76. The molecule has 1 saturated heterocycles. The number of benzene rings is 1. The van der Waals surface area contributed by atoms with Crippen LogP contribution in [-0.2, 0) is 0 Å². The summed E-state index contributed by atoms with van der Waals surface area (Å²) in [6, 6.07) is 12.4. The Hall–Kier alpha value is -1.37. The van der Waals surface area contributed by atoms with Gasteiger partial charge in [-0.05, 0) is 31.5 Å². The lowest BCUT2D eigenvalue weighted by Gasteiger charge is -2.26. The van der Waals surface area contributed by atoms with E-state index in [1.165, 1.54) is 32.4 Å². The van der Waals surface area contributed by atoms with Crippen LogP contribution in [0, 0.1) is 11.3 Å². The lowest BCUT2D eigenvalue weighted by molar-refractivity contribution is 0.229. The summed E-state index contributed by atoms with van der Waals surface area (Å²) >= 11 is 0. The van der Waals surface area contributed by atoms with Gasteiger partial charge in [0.05, 0.1) is 12.0 Å². The van der Waals surface area contributed by atoms with Gasteiger partial charge in [-0.1, -0.05) is 36.8 Å². The fraction of sp³-hybridized carbons (Fsp3) is 0.562. The van der Waals surface area contributed by atoms with Crippen LogP contribution in [0.25, 0.3) is 0 Å². The van der Waals surface area contributed by atoms with Gasteiger partial charge in [-0.2, -0.15) is 5.26 Å². The Morgan fingerprint density at radius 3 is 2.58 bits per heavy atom. The molecule has 19 heavy (non-hydrogen) atoms. The van der Waals surface area contributed by atoms with Crippen molar-refractivity contribution in [1.82, 2.24) is 10.2 Å². The number of nitriles is 1. The first kappa shape index (κ1) is 14.0. The Balaban J connectivity index is 1.68. The molecule has 1 fully saturated rings. The van der Waals surface area contributed by atoms with Gasteiger partial charge in [-0.15, -0.1) is 0 Å². The minimum atomic E-state index is -0.0393. The Morgan fingerprint density at radius 2 is 1.89 bits per heavy atom. The highest BCUT2D eigenvalue weighted by atomic mass is 15.1. The molecule has 1 aromatic rings. The summed E-state index contributed by atoms with van der Waals surface area (Å²) in [6.45, 7) is 5.30. The number of hydrogen-bond acceptors (Lipinski definition) is 3. The number of nitrogens with one attached hydrogen (secondary N) is 1. The summed E-state index contributed by atoms with van der Waals surface area (Å²) in [6.07, 6.45) is 4.06. The molecule has 0 amide bonds. The molecule has 3 nitrogen and oxygen atoms in total. The van der Waals surface area contributed by atoms with E-state index in [1.54, 1.807) is 0 Å². The van der Waals surface area contributed by atoms with E-state index in [1.807, 2.05) is 30.3 Å². The van der Waals surface area contributed by atoms with Crippen LogP contribution in [0.1, 0.15) is 30.7 Å². The first-order chi connectivity index (χ1) is 9.40. The van der Waals surface area contributed by atoms with Crippen LogP contribution in [0.4, 0.5) is 0 Å². The van der Waals surface area contributed by atoms with E-state index < -0.39 is 0 Å². The number of nitrogens with zero attached hydrogens (tertiary/aromatic N) is 2. The second-order valence-corrected chi connectivity index (χ2v) is 5.20. The molecule has 1 N–H and O–H groups in total. The average Bonchev–Trinajstić information content (AvgIpc) is 2.49. The Bertz CT molecular complexity index is 390. The fourth-order valence-corrected chi connectivity index (χ4v) is 2.59. The molecule has 0 aromatic heterocycles. The smallest absolute Gasteiger partial charge is 0.0837 e. The van der Waals surface area contributed by atoms with Crippen molar-refractivity contribution in [2.45, 2.75) is 25.2 Å². The number of rotatable bonds is 6. The number of hydrogen-bond donors (Lipinski definition) is 1. The third kappa shape index (κ3) is 4.66. The standard InChI is InChI=1S/C16H23N3/c17-13-16(15-7-3-1-4-8-15)14-18-9-12-19-10-5-2-6-11-19/h1,3-4,7-8,16,18H,2,5-6,9-12,14H2. The maximum absolute atomic E-state index is 9.23. The highest BCUT2D eigenvalue weighted by Crippen LogP contribution is 2.13. The first-order valence-corrected chi connectivity index (χ1v) is 7.28. The molecule has 1 aliphatic heterocycles. The maximum Gasteiger partial charge on any atom is 0.0837 e. The molecule has 0 saturated carbocycles. The molecule has 1 atom stereocenters. The van der Waals surface area contributed by atoms with E-state index in [-0.39, 0.29) is 5.92 Å². The van der Waals surface area contributed by atoms with Gasteiger partial charge < -0.3 is 10.2 Å². The van der Waals surface area contributed by atoms with Gasteiger partial charge in [-0.25, -0.2) is 0 Å². The Labute approximate surface area is 116 Å². The summed E-state index contributed by atoms with van der Waals surface area (Å²) in [5.41, 5.74) is 1.11. The monoisotopic (exact) mass is 257 g/mol. The van der Waals surface area contributed by atoms with Crippen molar-refractivity contribution in [2.24, 2.45) is 0 Å². The van der Waals surface area contributed by atoms with E-state index in [4.69, 9.17) is 0 Å². The second-order valence-electron chi connectivity index (χ2n) is 5.20. The minimum absolute atomic E-state index is 0.0393. The molecule has 102 valence electrons. The predicted molar refractivity (Wildman–Crippen MR) is 78.0 cm³/mol. The van der Waals surface area contributed by atoms with Crippen molar-refractivity contribution in [3.8, 4) is 6.07 Å². The van der Waals surface area contributed by atoms with Crippen molar-refractivity contribution >= 4 is 0 Å². The quantitative estimate of drug-likeness (QED) is 0.795. The van der Waals surface area contributed by atoms with Gasteiger partial charge in [-0.3, -0.25) is 0 Å². The molecule has 3 heteroatoms. The second kappa shape index (κ2) is 7.93. The predicted octanol–water partition coefficient (Wildman–Crippen LogP) is 2.37. The van der Waals surface area contributed by atoms with Crippen LogP contribution in [0.15, 0.2) is 30.3 Å². The van der Waals surface area contributed by atoms with Crippen LogP contribution in [-0.4, -0.2) is 37.6 Å². The summed E-state index contributed by atoms with van der Waals surface area (Å²) in [5.74, 6) is -0.0393. The van der Waals surface area contributed by atoms with E-state index in [2.05, 4.69) is 16.3 Å². The van der Waals surface area contributed by atoms with Crippen molar-refractivity contribution in [2.75, 3.05) is 32.7 Å². The van der Waals surface area contributed by atoms with Crippen molar-refractivity contribution < 1.29 is 0 Å². The van der Waals surface area contributed by atoms with Gasteiger partial charge in [0.2, 0.25) is 0 Å². The minimum Gasteiger partial charge on any atom is -0.314 e. The molecule has 1 aliphatic rings. The molecule has 0 radical (unpaired) electrons. The van der Waals surface area contributed by atoms with Crippen molar-refractivity contribution in [1.29, 1.82) is 5.26 Å². The molecule has 1 aromatic carbocycles. The van der Waals surface area contributed by atoms with E-state index >= 15 is 0 Å². The molecule has 0 spiro atoms. The summed E-state index contributed by atoms with van der Waals surface area (Å²) in [5, 5.41) is 12.6. The van der Waals surface area contributed by atoms with Gasteiger partial charge in [0.25, 0.3) is 0 Å². The maximum atomic E-state index is 9.23. The van der Waals surface area contributed by atoms with E-state index in [0.717, 1.165) is 25.2 Å². The highest BCUT2D eigenvalue weighted by molar-refractivity contribution is 5.24. The molecule has 1 heterocycles. The Kier molecular flexibility index (Phi) is 5.87. The third-order valence-corrected chi connectivity index (χ3v) is 3.76. The SMILES string of the molecule is N#CC(CNCCN1CCCCC1)c1ccccc1. The van der Waals surface area contributed by atoms with E-state index in [9.17, 15) is 5.26 Å². The first-order valence-electron chi connectivity index (χ1n) is 7.28. The highest BCUT2D eigenvalue weighted by Gasteiger charge is 2.11. The summed E-state index contributed by atoms with van der Waals surface area (Å²) in [4.78, 5) is 2.51. The van der Waals surface area contributed by atoms with Gasteiger partial charge in [0.15, 0.2) is 0 Å². The Morgan fingerprint density at radius 1 is 1.16 bits per heavy atom. The van der Waals surface area contributed by atoms with Crippen LogP contribution >= 0.6 is 0 Å². The number of piperidine rings is 1. The largest absolute Gasteiger partial charge is 0.314 e. The lowest BCUT2D eigenvalue weighted by atomic mass is 10.0. The zero-order chi connectivity index (χ0) is 13.3. The molecule has 1 unspecified atom stereocenters. The number of likely N-dealkylation sites (tertiary alicyclic amines) is 1. The topological polar surface area (TPSA) is 39.1 Å². The van der Waals surface area contributed by atoms with Crippen LogP contribution in [0.2, 0.25) is 0 Å². The average molecular weight is 257 g/mol. The van der Waals surface area contributed by atoms with E-state index in [0.29, 0.717) is 0 Å². The van der Waals surface area contributed by atoms with Gasteiger partial charge in [0.1, 0.15) is 0 Å². The zero-order valence-electron chi connectivity index (χ0n) is 11.5. The van der Waals surface area contributed by atoms with Gasteiger partial charge >= 0.3 is 0 Å². The molecular weight excluding hydrogens is 234 g/mol. The normalized spacial score (nSPS) is 17.8. The molecule has 2 rings (SSSR count). The van der Waals surface area contributed by atoms with Crippen LogP contribution in [0.3, 0.4) is 0 Å². The van der Waals surface area contributed by atoms with Crippen LogP contribution in [0.5, 0.6) is 0 Å². The lowest BCUT2D eigenvalue weighted by Crippen LogP contribution is -2.36. The molecule has 0 aliphatic carbocycles. The van der Waals surface area contributed by atoms with Crippen molar-refractivity contribution in [3.05, 3.63) is 35.9 Å². The summed E-state index contributed by atoms with van der Waals surface area (Å²) in [7, 11) is 0. The van der Waals surface area contributed by atoms with Gasteiger partial charge in [0, 0.05) is 19.6 Å². The van der Waals surface area contributed by atoms with Crippen molar-refractivity contribution in [3.63, 3.8) is 0 Å².